The van der Waals surface area contributed by atoms with Crippen molar-refractivity contribution < 1.29 is 29.3 Å². The minimum Gasteiger partial charge on any atom is -0.508 e. The predicted molar refractivity (Wildman–Crippen MR) is 111 cm³/mol. The highest BCUT2D eigenvalue weighted by Gasteiger charge is 2.45. The fraction of sp³-hybridized carbons (Fsp3) is 0.304. The lowest BCUT2D eigenvalue weighted by atomic mass is 9.95. The molecule has 2 aromatic rings. The third-order valence-electron chi connectivity index (χ3n) is 4.98. The van der Waals surface area contributed by atoms with Crippen LogP contribution in [0.25, 0.3) is 5.76 Å². The fourth-order valence-corrected chi connectivity index (χ4v) is 3.52. The van der Waals surface area contributed by atoms with E-state index in [2.05, 4.69) is 0 Å². The molecule has 158 valence electrons. The summed E-state index contributed by atoms with van der Waals surface area (Å²) in [5.41, 5.74) is 1.01. The lowest BCUT2D eigenvalue weighted by Gasteiger charge is -2.25. The molecule has 1 aliphatic rings. The zero-order valence-corrected chi connectivity index (χ0v) is 17.0. The van der Waals surface area contributed by atoms with Crippen LogP contribution >= 0.6 is 0 Å². The molecule has 0 aliphatic carbocycles. The summed E-state index contributed by atoms with van der Waals surface area (Å²) in [5, 5.41) is 20.6. The number of phenols is 1. The lowest BCUT2D eigenvalue weighted by molar-refractivity contribution is -0.140. The van der Waals surface area contributed by atoms with Gasteiger partial charge in [-0.2, -0.15) is 0 Å². The molecule has 1 fully saturated rings. The van der Waals surface area contributed by atoms with Gasteiger partial charge in [0.2, 0.25) is 0 Å². The van der Waals surface area contributed by atoms with Crippen molar-refractivity contribution in [1.29, 1.82) is 0 Å². The number of nitrogens with zero attached hydrogens (tertiary/aromatic N) is 1. The van der Waals surface area contributed by atoms with E-state index in [0.717, 1.165) is 0 Å². The van der Waals surface area contributed by atoms with Gasteiger partial charge in [0.1, 0.15) is 17.3 Å². The van der Waals surface area contributed by atoms with Crippen LogP contribution in [0.1, 0.15) is 30.5 Å². The van der Waals surface area contributed by atoms with E-state index in [1.54, 1.807) is 36.4 Å². The van der Waals surface area contributed by atoms with Gasteiger partial charge >= 0.3 is 0 Å². The Hall–Kier alpha value is -3.32. The number of ketones is 1. The Bertz CT molecular complexity index is 950. The number of aliphatic hydroxyl groups is 1. The molecule has 2 N–H and O–H groups in total. The molecule has 1 heterocycles. The van der Waals surface area contributed by atoms with Crippen molar-refractivity contribution >= 4 is 17.4 Å². The molecular formula is C23H25NO6. The molecule has 7 heteroatoms. The van der Waals surface area contributed by atoms with Crippen molar-refractivity contribution in [2.45, 2.75) is 19.4 Å². The Kier molecular flexibility index (Phi) is 6.74. The van der Waals surface area contributed by atoms with Crippen molar-refractivity contribution in [3.8, 4) is 11.5 Å². The van der Waals surface area contributed by atoms with Crippen LogP contribution in [0.2, 0.25) is 0 Å². The van der Waals surface area contributed by atoms with E-state index in [1.165, 1.54) is 24.1 Å². The van der Waals surface area contributed by atoms with E-state index in [1.807, 2.05) is 6.92 Å². The topological polar surface area (TPSA) is 96.3 Å². The molecule has 0 radical (unpaired) electrons. The Morgan fingerprint density at radius 2 is 1.87 bits per heavy atom. The first-order valence-corrected chi connectivity index (χ1v) is 9.77. The molecule has 2 aromatic carbocycles. The number of rotatable bonds is 8. The van der Waals surface area contributed by atoms with Crippen molar-refractivity contribution in [3.05, 3.63) is 65.2 Å². The molecule has 1 aliphatic heterocycles. The SMILES string of the molecule is CCOCCCN1C(=O)C(=O)C(=C(O)c2cccc(OC)c2)[C@@H]1c1ccc(O)cc1. The number of likely N-dealkylation sites (tertiary alicyclic amines) is 1. The summed E-state index contributed by atoms with van der Waals surface area (Å²) in [4.78, 5) is 27.2. The molecule has 0 bridgehead atoms. The van der Waals surface area contributed by atoms with Gasteiger partial charge in [-0.1, -0.05) is 24.3 Å². The van der Waals surface area contributed by atoms with Crippen LogP contribution in [0, 0.1) is 0 Å². The maximum absolute atomic E-state index is 12.9. The van der Waals surface area contributed by atoms with Crippen LogP contribution in [0.15, 0.2) is 54.1 Å². The fourth-order valence-electron chi connectivity index (χ4n) is 3.52. The van der Waals surface area contributed by atoms with E-state index < -0.39 is 17.7 Å². The van der Waals surface area contributed by atoms with E-state index in [-0.39, 0.29) is 17.1 Å². The van der Waals surface area contributed by atoms with Gasteiger partial charge in [-0.25, -0.2) is 0 Å². The number of amides is 1. The molecule has 3 rings (SSSR count). The highest BCUT2D eigenvalue weighted by Crippen LogP contribution is 2.40. The molecule has 0 spiro atoms. The van der Waals surface area contributed by atoms with E-state index in [4.69, 9.17) is 9.47 Å². The van der Waals surface area contributed by atoms with Gasteiger partial charge in [0.05, 0.1) is 18.7 Å². The number of aromatic hydroxyl groups is 1. The Morgan fingerprint density at radius 1 is 1.13 bits per heavy atom. The summed E-state index contributed by atoms with van der Waals surface area (Å²) in [5.74, 6) is -1.09. The van der Waals surface area contributed by atoms with Crippen LogP contribution in [0.4, 0.5) is 0 Å². The quantitative estimate of drug-likeness (QED) is 0.300. The zero-order chi connectivity index (χ0) is 21.7. The summed E-state index contributed by atoms with van der Waals surface area (Å²) in [6.45, 7) is 3.20. The third kappa shape index (κ3) is 4.31. The number of phenolic OH excluding ortho intramolecular Hbond substituents is 1. The average Bonchev–Trinajstić information content (AvgIpc) is 3.01. The predicted octanol–water partition coefficient (Wildman–Crippen LogP) is 3.25. The van der Waals surface area contributed by atoms with Gasteiger partial charge in [0.15, 0.2) is 0 Å². The molecule has 0 aromatic heterocycles. The number of methoxy groups -OCH3 is 1. The summed E-state index contributed by atoms with van der Waals surface area (Å²) in [6, 6.07) is 12.2. The molecule has 0 unspecified atom stereocenters. The van der Waals surface area contributed by atoms with Gasteiger partial charge in [-0.15, -0.1) is 0 Å². The molecule has 1 atom stereocenters. The smallest absolute Gasteiger partial charge is 0.295 e. The molecular weight excluding hydrogens is 386 g/mol. The number of carbonyl (C=O) groups is 2. The van der Waals surface area contributed by atoms with Gasteiger partial charge in [-0.3, -0.25) is 9.59 Å². The highest BCUT2D eigenvalue weighted by atomic mass is 16.5. The first-order valence-electron chi connectivity index (χ1n) is 9.77. The van der Waals surface area contributed by atoms with Crippen LogP contribution in [-0.4, -0.2) is 53.7 Å². The second kappa shape index (κ2) is 9.45. The maximum Gasteiger partial charge on any atom is 0.295 e. The molecule has 1 saturated heterocycles. The van der Waals surface area contributed by atoms with Gasteiger partial charge < -0.3 is 24.6 Å². The number of hydrogen-bond donors (Lipinski definition) is 2. The van der Waals surface area contributed by atoms with E-state index in [9.17, 15) is 19.8 Å². The number of benzene rings is 2. The highest BCUT2D eigenvalue weighted by molar-refractivity contribution is 6.46. The second-order valence-corrected chi connectivity index (χ2v) is 6.87. The number of hydrogen-bond acceptors (Lipinski definition) is 6. The average molecular weight is 411 g/mol. The molecule has 30 heavy (non-hydrogen) atoms. The summed E-state index contributed by atoms with van der Waals surface area (Å²) in [7, 11) is 1.51. The first kappa shape index (κ1) is 21.4. The van der Waals surface area contributed by atoms with Crippen LogP contribution < -0.4 is 4.74 Å². The standard InChI is InChI=1S/C23H25NO6/c1-3-30-13-5-12-24-20(15-8-10-17(25)11-9-15)19(22(27)23(24)28)21(26)16-6-4-7-18(14-16)29-2/h4,6-11,14,20,25-26H,3,5,12-13H2,1-2H3/t20-/m0/s1. The van der Waals surface area contributed by atoms with Crippen LogP contribution in [0.5, 0.6) is 11.5 Å². The Labute approximate surface area is 175 Å². The van der Waals surface area contributed by atoms with E-state index in [0.29, 0.717) is 43.1 Å². The first-order chi connectivity index (χ1) is 14.5. The minimum atomic E-state index is -0.765. The molecule has 1 amide bonds. The van der Waals surface area contributed by atoms with Crippen molar-refractivity contribution in [2.24, 2.45) is 0 Å². The van der Waals surface area contributed by atoms with Crippen molar-refractivity contribution in [2.75, 3.05) is 26.9 Å². The number of ether oxygens (including phenoxy) is 2. The Morgan fingerprint density at radius 3 is 2.53 bits per heavy atom. The second-order valence-electron chi connectivity index (χ2n) is 6.87. The lowest BCUT2D eigenvalue weighted by Crippen LogP contribution is -2.31. The number of carbonyl (C=O) groups excluding carboxylic acids is 2. The monoisotopic (exact) mass is 411 g/mol. The summed E-state index contributed by atoms with van der Waals surface area (Å²) < 4.78 is 10.5. The summed E-state index contributed by atoms with van der Waals surface area (Å²) >= 11 is 0. The van der Waals surface area contributed by atoms with Gasteiger partial charge in [0.25, 0.3) is 11.7 Å². The van der Waals surface area contributed by atoms with Crippen molar-refractivity contribution in [3.63, 3.8) is 0 Å². The van der Waals surface area contributed by atoms with Crippen LogP contribution in [0.3, 0.4) is 0 Å². The third-order valence-corrected chi connectivity index (χ3v) is 4.98. The maximum atomic E-state index is 12.9. The molecule has 0 saturated carbocycles. The molecule has 7 nitrogen and oxygen atoms in total. The largest absolute Gasteiger partial charge is 0.508 e. The van der Waals surface area contributed by atoms with Crippen molar-refractivity contribution in [1.82, 2.24) is 4.90 Å². The Balaban J connectivity index is 2.07. The van der Waals surface area contributed by atoms with Crippen LogP contribution in [-0.2, 0) is 14.3 Å². The van der Waals surface area contributed by atoms with E-state index >= 15 is 0 Å². The number of aliphatic hydroxyl groups excluding tert-OH is 1. The zero-order valence-electron chi connectivity index (χ0n) is 17.0. The van der Waals surface area contributed by atoms with Gasteiger partial charge in [-0.05, 0) is 43.2 Å². The minimum absolute atomic E-state index is 0.00959. The van der Waals surface area contributed by atoms with Gasteiger partial charge in [0, 0.05) is 25.3 Å². The normalized spacial score (nSPS) is 18.1. The number of Topliss-reactive ketones (excluding diaryl/α,β-unsaturated/α-hetero) is 1. The summed E-state index contributed by atoms with van der Waals surface area (Å²) in [6.07, 6.45) is 0.550.